The number of aliphatic imine (C=N–C) groups is 1. The fourth-order valence-corrected chi connectivity index (χ4v) is 3.81. The predicted octanol–water partition coefficient (Wildman–Crippen LogP) is 6.03. The number of carbonyl (C=O) groups excluding carboxylic acids is 2. The van der Waals surface area contributed by atoms with E-state index in [4.69, 9.17) is 17.3 Å². The highest BCUT2D eigenvalue weighted by atomic mass is 35.5. The molecule has 1 fully saturated rings. The van der Waals surface area contributed by atoms with Crippen molar-refractivity contribution in [1.29, 1.82) is 0 Å². The number of rotatable bonds is 4. The van der Waals surface area contributed by atoms with Crippen LogP contribution in [0.25, 0.3) is 0 Å². The summed E-state index contributed by atoms with van der Waals surface area (Å²) in [5.74, 6) is -2.59. The van der Waals surface area contributed by atoms with Gasteiger partial charge in [-0.1, -0.05) is 17.7 Å². The highest BCUT2D eigenvalue weighted by molar-refractivity contribution is 6.35. The van der Waals surface area contributed by atoms with Crippen molar-refractivity contribution < 1.29 is 31.9 Å². The minimum Gasteiger partial charge on any atom is -0.465 e. The van der Waals surface area contributed by atoms with Crippen molar-refractivity contribution in [2.45, 2.75) is 31.9 Å². The quantitative estimate of drug-likeness (QED) is 0.250. The molecule has 0 radical (unpaired) electrons. The number of halogens is 5. The van der Waals surface area contributed by atoms with E-state index in [9.17, 15) is 27.2 Å². The molecule has 1 saturated carbocycles. The summed E-state index contributed by atoms with van der Waals surface area (Å²) in [4.78, 5) is 28.8. The molecular weight excluding hydrogens is 464 g/mol. The Morgan fingerprint density at radius 1 is 1.12 bits per heavy atom. The molecule has 0 aliphatic heterocycles. The molecule has 10 heteroatoms. The van der Waals surface area contributed by atoms with Crippen molar-refractivity contribution in [2.75, 3.05) is 7.11 Å². The van der Waals surface area contributed by atoms with Gasteiger partial charge in [-0.25, -0.2) is 9.18 Å². The lowest BCUT2D eigenvalue weighted by Gasteiger charge is -2.20. The van der Waals surface area contributed by atoms with E-state index in [1.54, 1.807) is 0 Å². The van der Waals surface area contributed by atoms with E-state index < -0.39 is 40.6 Å². The van der Waals surface area contributed by atoms with Crippen molar-refractivity contribution in [2.24, 2.45) is 10.7 Å². The van der Waals surface area contributed by atoms with E-state index in [0.717, 1.165) is 25.3 Å². The molecule has 0 amide bonds. The highest BCUT2D eigenvalue weighted by Crippen LogP contribution is 2.37. The Labute approximate surface area is 191 Å². The van der Waals surface area contributed by atoms with Gasteiger partial charge in [-0.3, -0.25) is 9.79 Å². The number of esters is 1. The van der Waals surface area contributed by atoms with Gasteiger partial charge < -0.3 is 10.5 Å². The van der Waals surface area contributed by atoms with Crippen LogP contribution in [0.3, 0.4) is 0 Å². The summed E-state index contributed by atoms with van der Waals surface area (Å²) < 4.78 is 59.4. The number of nitrogens with two attached hydrogens (primary N) is 1. The van der Waals surface area contributed by atoms with Crippen molar-refractivity contribution in [3.63, 3.8) is 0 Å². The number of nitrogens with zero attached hydrogens (tertiary/aromatic N) is 1. The Bertz CT molecular complexity index is 1170. The second kappa shape index (κ2) is 9.74. The first-order valence-corrected chi connectivity index (χ1v) is 10.3. The van der Waals surface area contributed by atoms with Gasteiger partial charge in [0.1, 0.15) is 5.82 Å². The topological polar surface area (TPSA) is 81.8 Å². The first-order valence-electron chi connectivity index (χ1n) is 9.89. The molecule has 0 unspecified atom stereocenters. The fourth-order valence-electron chi connectivity index (χ4n) is 3.55. The molecule has 0 heterocycles. The Kier molecular flexibility index (Phi) is 7.22. The second-order valence-electron chi connectivity index (χ2n) is 7.30. The lowest BCUT2D eigenvalue weighted by atomic mass is 9.88. The van der Waals surface area contributed by atoms with Gasteiger partial charge in [-0.2, -0.15) is 13.2 Å². The van der Waals surface area contributed by atoms with Crippen molar-refractivity contribution >= 4 is 34.8 Å². The molecule has 0 aromatic heterocycles. The van der Waals surface area contributed by atoms with E-state index in [-0.39, 0.29) is 34.0 Å². The van der Waals surface area contributed by atoms with Gasteiger partial charge >= 0.3 is 12.1 Å². The molecule has 1 aliphatic carbocycles. The Hall–Kier alpha value is -3.20. The number of hydrogen-bond donors (Lipinski definition) is 1. The van der Waals surface area contributed by atoms with Gasteiger partial charge in [0.05, 0.1) is 40.2 Å². The van der Waals surface area contributed by atoms with Gasteiger partial charge in [0.2, 0.25) is 5.78 Å². The zero-order chi connectivity index (χ0) is 24.3. The minimum absolute atomic E-state index is 0.00792. The number of carbonyl (C=O) groups is 2. The van der Waals surface area contributed by atoms with Crippen LogP contribution >= 0.6 is 11.6 Å². The van der Waals surface area contributed by atoms with Crippen LogP contribution in [0.1, 0.15) is 52.0 Å². The van der Waals surface area contributed by atoms with E-state index in [1.807, 2.05) is 0 Å². The predicted molar refractivity (Wildman–Crippen MR) is 115 cm³/mol. The van der Waals surface area contributed by atoms with E-state index in [2.05, 4.69) is 9.73 Å². The standard InChI is InChI=1S/C23H19ClF4N2O3/c1-33-22(32)12-9-10-18(16(25)11-12)30-17-8-3-2-5-13(17)20(29)21(31)19-14(23(26,27)28)6-4-7-15(19)24/h4,6-7,9-11H,2-3,5,8,29H2,1H3. The third-order valence-electron chi connectivity index (χ3n) is 5.18. The van der Waals surface area contributed by atoms with Crippen molar-refractivity contribution in [3.8, 4) is 0 Å². The molecule has 2 N–H and O–H groups in total. The Balaban J connectivity index is 2.07. The summed E-state index contributed by atoms with van der Waals surface area (Å²) in [5, 5.41) is -0.378. The maximum atomic E-state index is 14.5. The normalized spacial score (nSPS) is 17.1. The molecular formula is C23H19ClF4N2O3. The second-order valence-corrected chi connectivity index (χ2v) is 7.71. The number of alkyl halides is 3. The van der Waals surface area contributed by atoms with Crippen LogP contribution in [0.4, 0.5) is 23.2 Å². The number of ether oxygens (including phenoxy) is 1. The summed E-state index contributed by atoms with van der Waals surface area (Å²) in [6, 6.07) is 6.59. The molecule has 174 valence electrons. The monoisotopic (exact) mass is 482 g/mol. The summed E-state index contributed by atoms with van der Waals surface area (Å²) in [6.45, 7) is 0. The van der Waals surface area contributed by atoms with Crippen LogP contribution in [0.5, 0.6) is 0 Å². The molecule has 33 heavy (non-hydrogen) atoms. The van der Waals surface area contributed by atoms with Crippen LogP contribution in [-0.2, 0) is 10.9 Å². The smallest absolute Gasteiger partial charge is 0.417 e. The molecule has 1 aliphatic rings. The third-order valence-corrected chi connectivity index (χ3v) is 5.49. The van der Waals surface area contributed by atoms with Crippen LogP contribution in [0.15, 0.2) is 52.7 Å². The summed E-state index contributed by atoms with van der Waals surface area (Å²) in [5.41, 5.74) is 4.11. The van der Waals surface area contributed by atoms with Crippen LogP contribution < -0.4 is 5.73 Å². The lowest BCUT2D eigenvalue weighted by Crippen LogP contribution is -2.24. The Morgan fingerprint density at radius 3 is 2.45 bits per heavy atom. The molecule has 0 bridgehead atoms. The molecule has 2 aromatic carbocycles. The third kappa shape index (κ3) is 5.24. The summed E-state index contributed by atoms with van der Waals surface area (Å²) in [6.07, 6.45) is -2.89. The lowest BCUT2D eigenvalue weighted by molar-refractivity contribution is -0.137. The van der Waals surface area contributed by atoms with Gasteiger partial charge in [0, 0.05) is 11.3 Å². The van der Waals surface area contributed by atoms with Crippen LogP contribution in [0, 0.1) is 5.82 Å². The number of benzene rings is 2. The van der Waals surface area contributed by atoms with E-state index >= 15 is 0 Å². The number of hydrogen-bond acceptors (Lipinski definition) is 5. The van der Waals surface area contributed by atoms with Crippen LogP contribution in [-0.4, -0.2) is 24.6 Å². The molecule has 0 spiro atoms. The number of methoxy groups -OCH3 is 1. The average molecular weight is 483 g/mol. The Morgan fingerprint density at radius 2 is 1.82 bits per heavy atom. The van der Waals surface area contributed by atoms with Crippen molar-refractivity contribution in [1.82, 2.24) is 0 Å². The first-order chi connectivity index (χ1) is 15.5. The minimum atomic E-state index is -4.81. The number of allylic oxidation sites excluding steroid dienone is 2. The molecule has 0 atom stereocenters. The summed E-state index contributed by atoms with van der Waals surface area (Å²) >= 11 is 5.94. The molecule has 3 rings (SSSR count). The maximum Gasteiger partial charge on any atom is 0.417 e. The summed E-state index contributed by atoms with van der Waals surface area (Å²) in [7, 11) is 1.16. The molecule has 5 nitrogen and oxygen atoms in total. The number of ketones is 1. The highest BCUT2D eigenvalue weighted by Gasteiger charge is 2.37. The first kappa shape index (κ1) is 24.4. The van der Waals surface area contributed by atoms with Crippen LogP contribution in [0.2, 0.25) is 5.02 Å². The van der Waals surface area contributed by atoms with Crippen molar-refractivity contribution in [3.05, 3.63) is 75.2 Å². The largest absolute Gasteiger partial charge is 0.465 e. The number of Topliss-reactive ketones (excluding diaryl/α,β-unsaturated/α-hetero) is 1. The molecule has 2 aromatic rings. The van der Waals surface area contributed by atoms with Gasteiger partial charge in [0.25, 0.3) is 0 Å². The average Bonchev–Trinajstić information content (AvgIpc) is 2.78. The maximum absolute atomic E-state index is 14.5. The van der Waals surface area contributed by atoms with E-state index in [1.165, 1.54) is 18.2 Å². The zero-order valence-corrected chi connectivity index (χ0v) is 18.2. The van der Waals surface area contributed by atoms with Gasteiger partial charge in [-0.05, 0) is 56.0 Å². The molecule has 0 saturated heterocycles. The fraction of sp³-hybridized carbons (Fsp3) is 0.261. The van der Waals surface area contributed by atoms with Gasteiger partial charge in [0.15, 0.2) is 0 Å². The SMILES string of the molecule is COC(=O)c1ccc(N=C2CCCCC2=C(N)C(=O)c2c(Cl)cccc2C(F)(F)F)c(F)c1. The van der Waals surface area contributed by atoms with Gasteiger partial charge in [-0.15, -0.1) is 0 Å². The van der Waals surface area contributed by atoms with E-state index in [0.29, 0.717) is 19.3 Å². The zero-order valence-electron chi connectivity index (χ0n) is 17.4.